The van der Waals surface area contributed by atoms with E-state index in [4.69, 9.17) is 0 Å². The van der Waals surface area contributed by atoms with Gasteiger partial charge in [-0.1, -0.05) is 19.4 Å². The predicted molar refractivity (Wildman–Crippen MR) is 97.1 cm³/mol. The van der Waals surface area contributed by atoms with Crippen molar-refractivity contribution in [2.24, 2.45) is 0 Å². The zero-order chi connectivity index (χ0) is 18.4. The molecular formula is C17H27N3O4S. The van der Waals surface area contributed by atoms with E-state index < -0.39 is 14.9 Å². The van der Waals surface area contributed by atoms with Gasteiger partial charge in [-0.15, -0.1) is 0 Å². The van der Waals surface area contributed by atoms with Crippen molar-refractivity contribution in [1.29, 1.82) is 0 Å². The number of rotatable bonds is 8. The summed E-state index contributed by atoms with van der Waals surface area (Å²) in [6.45, 7) is 6.11. The van der Waals surface area contributed by atoms with Crippen molar-refractivity contribution < 1.29 is 13.3 Å². The Hall–Kier alpha value is -1.51. The van der Waals surface area contributed by atoms with E-state index in [0.717, 1.165) is 32.0 Å². The van der Waals surface area contributed by atoms with Crippen molar-refractivity contribution in [2.45, 2.75) is 56.9 Å². The fourth-order valence-electron chi connectivity index (χ4n) is 3.37. The molecule has 0 unspecified atom stereocenters. The van der Waals surface area contributed by atoms with Crippen molar-refractivity contribution in [3.63, 3.8) is 0 Å². The molecule has 0 radical (unpaired) electrons. The quantitative estimate of drug-likeness (QED) is 0.432. The van der Waals surface area contributed by atoms with Gasteiger partial charge in [0.25, 0.3) is 5.69 Å². The third kappa shape index (κ3) is 5.23. The van der Waals surface area contributed by atoms with Gasteiger partial charge in [-0.3, -0.25) is 10.1 Å². The summed E-state index contributed by atoms with van der Waals surface area (Å²) in [5.41, 5.74) is 0.283. The number of benzene rings is 1. The van der Waals surface area contributed by atoms with Gasteiger partial charge in [-0.25, -0.2) is 13.1 Å². The first kappa shape index (κ1) is 19.8. The van der Waals surface area contributed by atoms with E-state index in [2.05, 4.69) is 16.5 Å². The van der Waals surface area contributed by atoms with Crippen LogP contribution in [0.4, 0.5) is 5.69 Å². The topological polar surface area (TPSA) is 92.6 Å². The largest absolute Gasteiger partial charge is 0.300 e. The molecule has 1 atom stereocenters. The number of sulfonamides is 1. The zero-order valence-corrected chi connectivity index (χ0v) is 15.7. The number of likely N-dealkylation sites (tertiary alicyclic amines) is 1. The highest BCUT2D eigenvalue weighted by Gasteiger charge is 2.22. The van der Waals surface area contributed by atoms with Crippen LogP contribution in [0.5, 0.6) is 0 Å². The first-order valence-electron chi connectivity index (χ1n) is 8.84. The Bertz CT molecular complexity index is 706. The van der Waals surface area contributed by atoms with E-state index >= 15 is 0 Å². The standard InChI is InChI=1S/C17H27N3O4S/c1-3-15-7-4-5-11-19(15)12-6-10-18-25(23,24)17-13-16(20(21)22)9-8-14(17)2/h8-9,13,15,18H,3-7,10-12H2,1-2H3/t15-/m0/s1. The lowest BCUT2D eigenvalue weighted by molar-refractivity contribution is -0.385. The number of piperidine rings is 1. The molecule has 1 aromatic carbocycles. The molecule has 0 aromatic heterocycles. The van der Waals surface area contributed by atoms with E-state index in [-0.39, 0.29) is 10.6 Å². The fraction of sp³-hybridized carbons (Fsp3) is 0.647. The monoisotopic (exact) mass is 369 g/mol. The number of nitrogens with one attached hydrogen (secondary N) is 1. The Labute approximate surface area is 149 Å². The van der Waals surface area contributed by atoms with Crippen molar-refractivity contribution in [2.75, 3.05) is 19.6 Å². The Morgan fingerprint density at radius 2 is 2.12 bits per heavy atom. The Kier molecular flexibility index (Phi) is 6.92. The highest BCUT2D eigenvalue weighted by Crippen LogP contribution is 2.22. The third-order valence-electron chi connectivity index (χ3n) is 4.81. The number of nitrogens with zero attached hydrogens (tertiary/aromatic N) is 2. The van der Waals surface area contributed by atoms with Gasteiger partial charge in [-0.05, 0) is 51.3 Å². The second-order valence-corrected chi connectivity index (χ2v) is 8.29. The Balaban J connectivity index is 1.93. The molecule has 8 heteroatoms. The number of nitro benzene ring substituents is 1. The summed E-state index contributed by atoms with van der Waals surface area (Å²) in [6.07, 6.45) is 5.54. The molecule has 2 rings (SSSR count). The van der Waals surface area contributed by atoms with Gasteiger partial charge >= 0.3 is 0 Å². The van der Waals surface area contributed by atoms with E-state index in [1.807, 2.05) is 0 Å². The molecule has 140 valence electrons. The molecule has 0 saturated carbocycles. The molecule has 1 aliphatic rings. The lowest BCUT2D eigenvalue weighted by Crippen LogP contribution is -2.40. The van der Waals surface area contributed by atoms with Gasteiger partial charge in [-0.2, -0.15) is 0 Å². The van der Waals surface area contributed by atoms with Gasteiger partial charge < -0.3 is 4.90 Å². The van der Waals surface area contributed by atoms with Gasteiger partial charge in [0.15, 0.2) is 0 Å². The smallest absolute Gasteiger partial charge is 0.270 e. The summed E-state index contributed by atoms with van der Waals surface area (Å²) in [6, 6.07) is 4.50. The van der Waals surface area contributed by atoms with Gasteiger partial charge in [0, 0.05) is 24.7 Å². The van der Waals surface area contributed by atoms with Gasteiger partial charge in [0.2, 0.25) is 10.0 Å². The van der Waals surface area contributed by atoms with Crippen LogP contribution in [-0.2, 0) is 10.0 Å². The van der Waals surface area contributed by atoms with Gasteiger partial charge in [0.1, 0.15) is 0 Å². The minimum Gasteiger partial charge on any atom is -0.300 e. The van der Waals surface area contributed by atoms with Crippen LogP contribution < -0.4 is 4.72 Å². The van der Waals surface area contributed by atoms with Crippen LogP contribution in [0.25, 0.3) is 0 Å². The van der Waals surface area contributed by atoms with Crippen molar-refractivity contribution in [1.82, 2.24) is 9.62 Å². The fourth-order valence-corrected chi connectivity index (χ4v) is 4.71. The molecule has 1 aliphatic heterocycles. The van der Waals surface area contributed by atoms with Crippen LogP contribution in [0, 0.1) is 17.0 Å². The molecule has 0 spiro atoms. The van der Waals surface area contributed by atoms with Gasteiger partial charge in [0.05, 0.1) is 9.82 Å². The normalized spacial score (nSPS) is 19.0. The highest BCUT2D eigenvalue weighted by molar-refractivity contribution is 7.89. The summed E-state index contributed by atoms with van der Waals surface area (Å²) in [7, 11) is -3.74. The zero-order valence-electron chi connectivity index (χ0n) is 14.9. The molecule has 0 aliphatic carbocycles. The average Bonchev–Trinajstić information content (AvgIpc) is 2.59. The molecule has 0 bridgehead atoms. The molecule has 1 fully saturated rings. The highest BCUT2D eigenvalue weighted by atomic mass is 32.2. The molecule has 25 heavy (non-hydrogen) atoms. The lowest BCUT2D eigenvalue weighted by atomic mass is 10.00. The first-order chi connectivity index (χ1) is 11.8. The second kappa shape index (κ2) is 8.73. The van der Waals surface area contributed by atoms with Crippen molar-refractivity contribution in [3.8, 4) is 0 Å². The third-order valence-corrected chi connectivity index (χ3v) is 6.41. The molecule has 0 amide bonds. The maximum absolute atomic E-state index is 12.5. The number of hydrogen-bond acceptors (Lipinski definition) is 5. The minimum absolute atomic E-state index is 0.0221. The SMILES string of the molecule is CC[C@H]1CCCCN1CCCNS(=O)(=O)c1cc([N+](=O)[O-])ccc1C. The molecule has 1 saturated heterocycles. The van der Waals surface area contributed by atoms with Crippen molar-refractivity contribution in [3.05, 3.63) is 33.9 Å². The maximum Gasteiger partial charge on any atom is 0.270 e. The molecule has 1 aromatic rings. The first-order valence-corrected chi connectivity index (χ1v) is 10.3. The summed E-state index contributed by atoms with van der Waals surface area (Å²) in [4.78, 5) is 12.7. The minimum atomic E-state index is -3.74. The molecular weight excluding hydrogens is 342 g/mol. The van der Waals surface area contributed by atoms with E-state index in [1.54, 1.807) is 6.92 Å². The Morgan fingerprint density at radius 1 is 1.36 bits per heavy atom. The Morgan fingerprint density at radius 3 is 2.80 bits per heavy atom. The summed E-state index contributed by atoms with van der Waals surface area (Å²) in [5, 5.41) is 10.9. The van der Waals surface area contributed by atoms with Crippen LogP contribution in [0.15, 0.2) is 23.1 Å². The lowest BCUT2D eigenvalue weighted by Gasteiger charge is -2.35. The molecule has 1 N–H and O–H groups in total. The second-order valence-electron chi connectivity index (χ2n) is 6.55. The van der Waals surface area contributed by atoms with E-state index in [1.165, 1.54) is 31.4 Å². The van der Waals surface area contributed by atoms with Crippen LogP contribution in [0.2, 0.25) is 0 Å². The average molecular weight is 369 g/mol. The van der Waals surface area contributed by atoms with Crippen LogP contribution in [0.3, 0.4) is 0 Å². The van der Waals surface area contributed by atoms with E-state index in [9.17, 15) is 18.5 Å². The summed E-state index contributed by atoms with van der Waals surface area (Å²) in [5.74, 6) is 0. The number of non-ortho nitro benzene ring substituents is 1. The number of aryl methyl sites for hydroxylation is 1. The van der Waals surface area contributed by atoms with Crippen LogP contribution >= 0.6 is 0 Å². The number of nitro groups is 1. The summed E-state index contributed by atoms with van der Waals surface area (Å²) < 4.78 is 27.5. The number of hydrogen-bond donors (Lipinski definition) is 1. The molecule has 1 heterocycles. The van der Waals surface area contributed by atoms with Crippen LogP contribution in [0.1, 0.15) is 44.6 Å². The van der Waals surface area contributed by atoms with Crippen LogP contribution in [-0.4, -0.2) is 43.9 Å². The summed E-state index contributed by atoms with van der Waals surface area (Å²) >= 11 is 0. The molecule has 7 nitrogen and oxygen atoms in total. The maximum atomic E-state index is 12.5. The van der Waals surface area contributed by atoms with Crippen molar-refractivity contribution >= 4 is 15.7 Å². The predicted octanol–water partition coefficient (Wildman–Crippen LogP) is 2.84. The van der Waals surface area contributed by atoms with E-state index in [0.29, 0.717) is 18.2 Å².